The quantitative estimate of drug-likeness (QED) is 0.0344. The molecule has 0 aliphatic carbocycles. The van der Waals surface area contributed by atoms with E-state index < -0.39 is 6.10 Å². The van der Waals surface area contributed by atoms with Gasteiger partial charge in [-0.05, 0) is 31.1 Å². The number of carbonyl (C=O) groups is 3. The lowest BCUT2D eigenvalue weighted by Crippen LogP contribution is -2.30. The Balaban J connectivity index is 4.26. The molecule has 1 atom stereocenters. The van der Waals surface area contributed by atoms with Crippen LogP contribution in [0, 0.1) is 11.8 Å². The molecule has 6 nitrogen and oxygen atoms in total. The molecule has 0 fully saturated rings. The smallest absolute Gasteiger partial charge is 0.306 e. The predicted octanol–water partition coefficient (Wildman–Crippen LogP) is 18.9. The third kappa shape index (κ3) is 51.4. The fraction of sp³-hybridized carbons (Fsp3) is 0.948. The summed E-state index contributed by atoms with van der Waals surface area (Å²) in [5.41, 5.74) is 0. The van der Waals surface area contributed by atoms with E-state index in [0.717, 1.165) is 69.6 Å². The van der Waals surface area contributed by atoms with Crippen LogP contribution in [0.4, 0.5) is 0 Å². The second kappa shape index (κ2) is 50.8. The van der Waals surface area contributed by atoms with Crippen molar-refractivity contribution in [2.45, 2.75) is 330 Å². The summed E-state index contributed by atoms with van der Waals surface area (Å²) in [6.07, 6.45) is 53.8. The van der Waals surface area contributed by atoms with Crippen molar-refractivity contribution in [1.29, 1.82) is 0 Å². The van der Waals surface area contributed by atoms with Gasteiger partial charge in [0, 0.05) is 19.3 Å². The summed E-state index contributed by atoms with van der Waals surface area (Å²) < 4.78 is 16.9. The van der Waals surface area contributed by atoms with Crippen LogP contribution in [-0.4, -0.2) is 37.2 Å². The number of esters is 3. The zero-order valence-corrected chi connectivity index (χ0v) is 43.9. The zero-order chi connectivity index (χ0) is 46.8. The molecule has 0 radical (unpaired) electrons. The van der Waals surface area contributed by atoms with Crippen molar-refractivity contribution in [3.05, 3.63) is 0 Å². The van der Waals surface area contributed by atoms with E-state index >= 15 is 0 Å². The Morgan fingerprint density at radius 2 is 0.516 bits per heavy atom. The van der Waals surface area contributed by atoms with Gasteiger partial charge in [0.15, 0.2) is 6.10 Å². The van der Waals surface area contributed by atoms with Crippen LogP contribution in [0.5, 0.6) is 0 Å². The van der Waals surface area contributed by atoms with E-state index in [0.29, 0.717) is 19.3 Å². The minimum absolute atomic E-state index is 0.0631. The highest BCUT2D eigenvalue weighted by Gasteiger charge is 2.19. The molecule has 0 amide bonds. The molecule has 0 spiro atoms. The lowest BCUT2D eigenvalue weighted by atomic mass is 10.0. The van der Waals surface area contributed by atoms with Crippen LogP contribution < -0.4 is 0 Å². The van der Waals surface area contributed by atoms with Crippen molar-refractivity contribution in [3.8, 4) is 0 Å². The van der Waals surface area contributed by atoms with E-state index in [4.69, 9.17) is 14.2 Å². The van der Waals surface area contributed by atoms with E-state index in [1.165, 1.54) is 212 Å². The molecule has 0 heterocycles. The van der Waals surface area contributed by atoms with E-state index in [2.05, 4.69) is 34.6 Å². The number of ether oxygens (including phenoxy) is 3. The molecule has 0 aliphatic heterocycles. The van der Waals surface area contributed by atoms with Gasteiger partial charge in [0.2, 0.25) is 0 Å². The summed E-state index contributed by atoms with van der Waals surface area (Å²) in [6, 6.07) is 0. The summed E-state index contributed by atoms with van der Waals surface area (Å²) in [5, 5.41) is 0. The predicted molar refractivity (Wildman–Crippen MR) is 275 cm³/mol. The van der Waals surface area contributed by atoms with Crippen LogP contribution in [0.2, 0.25) is 0 Å². The third-order valence-corrected chi connectivity index (χ3v) is 13.2. The van der Waals surface area contributed by atoms with Crippen LogP contribution in [0.3, 0.4) is 0 Å². The summed E-state index contributed by atoms with van der Waals surface area (Å²) in [6.45, 7) is 11.4. The van der Waals surface area contributed by atoms with Crippen molar-refractivity contribution in [1.82, 2.24) is 0 Å². The van der Waals surface area contributed by atoms with E-state index in [1.807, 2.05) is 0 Å². The van der Waals surface area contributed by atoms with Crippen LogP contribution in [-0.2, 0) is 28.6 Å². The lowest BCUT2D eigenvalue weighted by Gasteiger charge is -2.18. The monoisotopic (exact) mass is 905 g/mol. The standard InChI is InChI=1S/C58H112O6/c1-6-7-8-9-10-11-12-13-14-15-16-17-20-23-28-33-38-43-48-56(59)62-51-55(64-58(61)50-45-40-35-30-25-27-32-37-42-47-54(4)5)52-63-57(60)49-44-39-34-29-24-21-18-19-22-26-31-36-41-46-53(2)3/h53-55H,6-52H2,1-5H3/t55-/m1/s1. The number of hydrogen-bond donors (Lipinski definition) is 0. The van der Waals surface area contributed by atoms with Crippen molar-refractivity contribution < 1.29 is 28.6 Å². The van der Waals surface area contributed by atoms with Crippen LogP contribution in [0.15, 0.2) is 0 Å². The van der Waals surface area contributed by atoms with Crippen LogP contribution in [0.25, 0.3) is 0 Å². The van der Waals surface area contributed by atoms with Gasteiger partial charge in [0.25, 0.3) is 0 Å². The Kier molecular flexibility index (Phi) is 49.6. The van der Waals surface area contributed by atoms with Crippen molar-refractivity contribution in [2.75, 3.05) is 13.2 Å². The maximum absolute atomic E-state index is 12.8. The van der Waals surface area contributed by atoms with Gasteiger partial charge in [0.05, 0.1) is 0 Å². The van der Waals surface area contributed by atoms with Gasteiger partial charge in [-0.2, -0.15) is 0 Å². The molecule has 0 rings (SSSR count). The second-order valence-corrected chi connectivity index (χ2v) is 20.9. The lowest BCUT2D eigenvalue weighted by molar-refractivity contribution is -0.167. The molecule has 0 aromatic carbocycles. The first kappa shape index (κ1) is 62.4. The largest absolute Gasteiger partial charge is 0.462 e. The SMILES string of the molecule is CCCCCCCCCCCCCCCCCCCCC(=O)OC[C@H](COC(=O)CCCCCCCCCCCCCCCC(C)C)OC(=O)CCCCCCCCCCCC(C)C. The summed E-state index contributed by atoms with van der Waals surface area (Å²) >= 11 is 0. The minimum Gasteiger partial charge on any atom is -0.462 e. The molecule has 0 saturated carbocycles. The maximum Gasteiger partial charge on any atom is 0.306 e. The molecule has 0 N–H and O–H groups in total. The maximum atomic E-state index is 12.8. The number of carbonyl (C=O) groups excluding carboxylic acids is 3. The molecule has 0 aromatic heterocycles. The molecular weight excluding hydrogens is 793 g/mol. The van der Waals surface area contributed by atoms with Crippen molar-refractivity contribution in [2.24, 2.45) is 11.8 Å². The van der Waals surface area contributed by atoms with Gasteiger partial charge in [0.1, 0.15) is 13.2 Å². The van der Waals surface area contributed by atoms with Gasteiger partial charge < -0.3 is 14.2 Å². The van der Waals surface area contributed by atoms with Gasteiger partial charge >= 0.3 is 17.9 Å². The van der Waals surface area contributed by atoms with Gasteiger partial charge in [-0.1, -0.05) is 285 Å². The molecular formula is C58H112O6. The van der Waals surface area contributed by atoms with Crippen molar-refractivity contribution in [3.63, 3.8) is 0 Å². The number of unbranched alkanes of at least 4 members (excludes halogenated alkanes) is 37. The highest BCUT2D eigenvalue weighted by Crippen LogP contribution is 2.18. The summed E-state index contributed by atoms with van der Waals surface area (Å²) in [5.74, 6) is 0.804. The minimum atomic E-state index is -0.763. The topological polar surface area (TPSA) is 78.9 Å². The molecule has 0 unspecified atom stereocenters. The average Bonchev–Trinajstić information content (AvgIpc) is 3.27. The molecule has 0 bridgehead atoms. The highest BCUT2D eigenvalue weighted by molar-refractivity contribution is 5.71. The summed E-state index contributed by atoms with van der Waals surface area (Å²) in [4.78, 5) is 38.1. The van der Waals surface area contributed by atoms with Gasteiger partial charge in [-0.3, -0.25) is 14.4 Å². The van der Waals surface area contributed by atoms with Gasteiger partial charge in [-0.25, -0.2) is 0 Å². The molecule has 6 heteroatoms. The van der Waals surface area contributed by atoms with E-state index in [1.54, 1.807) is 0 Å². The molecule has 64 heavy (non-hydrogen) atoms. The molecule has 0 aromatic rings. The van der Waals surface area contributed by atoms with Crippen LogP contribution >= 0.6 is 0 Å². The molecule has 380 valence electrons. The average molecular weight is 906 g/mol. The fourth-order valence-corrected chi connectivity index (χ4v) is 8.87. The van der Waals surface area contributed by atoms with E-state index in [-0.39, 0.29) is 31.1 Å². The highest BCUT2D eigenvalue weighted by atomic mass is 16.6. The third-order valence-electron chi connectivity index (χ3n) is 13.2. The van der Waals surface area contributed by atoms with Gasteiger partial charge in [-0.15, -0.1) is 0 Å². The summed E-state index contributed by atoms with van der Waals surface area (Å²) in [7, 11) is 0. The number of hydrogen-bond acceptors (Lipinski definition) is 6. The molecule has 0 aliphatic rings. The first-order valence-electron chi connectivity index (χ1n) is 28.7. The Labute approximate surface area is 399 Å². The second-order valence-electron chi connectivity index (χ2n) is 20.9. The van der Waals surface area contributed by atoms with E-state index in [9.17, 15) is 14.4 Å². The number of rotatable bonds is 52. The first-order valence-corrected chi connectivity index (χ1v) is 28.7. The normalized spacial score (nSPS) is 12.0. The fourth-order valence-electron chi connectivity index (χ4n) is 8.87. The Hall–Kier alpha value is -1.59. The molecule has 0 saturated heterocycles. The first-order chi connectivity index (χ1) is 31.2. The zero-order valence-electron chi connectivity index (χ0n) is 43.9. The Bertz CT molecular complexity index is 978. The Morgan fingerprint density at radius 1 is 0.297 bits per heavy atom. The van der Waals surface area contributed by atoms with Crippen LogP contribution in [0.1, 0.15) is 324 Å². The Morgan fingerprint density at radius 3 is 0.766 bits per heavy atom. The van der Waals surface area contributed by atoms with Crippen molar-refractivity contribution >= 4 is 17.9 Å².